The SMILES string of the molecule is O=C(CCCCc1ccccc1)n1cccc1. The molecule has 0 amide bonds. The smallest absolute Gasteiger partial charge is 0.230 e. The maximum absolute atomic E-state index is 11.7. The first-order chi connectivity index (χ1) is 8.36. The van der Waals surface area contributed by atoms with Crippen LogP contribution in [0.2, 0.25) is 0 Å². The van der Waals surface area contributed by atoms with Crippen LogP contribution in [0.5, 0.6) is 0 Å². The van der Waals surface area contributed by atoms with Crippen molar-refractivity contribution in [1.82, 2.24) is 4.57 Å². The summed E-state index contributed by atoms with van der Waals surface area (Å²) in [6.45, 7) is 0. The molecule has 0 atom stereocenters. The van der Waals surface area contributed by atoms with Crippen LogP contribution in [0.25, 0.3) is 0 Å². The van der Waals surface area contributed by atoms with Crippen molar-refractivity contribution in [2.75, 3.05) is 0 Å². The van der Waals surface area contributed by atoms with Crippen LogP contribution in [0.1, 0.15) is 29.6 Å². The summed E-state index contributed by atoms with van der Waals surface area (Å²) in [6, 6.07) is 14.2. The van der Waals surface area contributed by atoms with E-state index in [0.29, 0.717) is 6.42 Å². The zero-order chi connectivity index (χ0) is 11.9. The van der Waals surface area contributed by atoms with Gasteiger partial charge in [-0.2, -0.15) is 0 Å². The quantitative estimate of drug-likeness (QED) is 0.716. The minimum atomic E-state index is 0.183. The molecule has 0 unspecified atom stereocenters. The third-order valence-electron chi connectivity index (χ3n) is 2.84. The lowest BCUT2D eigenvalue weighted by Crippen LogP contribution is -2.07. The number of carbonyl (C=O) groups is 1. The fourth-order valence-electron chi connectivity index (χ4n) is 1.88. The van der Waals surface area contributed by atoms with Gasteiger partial charge >= 0.3 is 0 Å². The van der Waals surface area contributed by atoms with Gasteiger partial charge in [-0.25, -0.2) is 0 Å². The zero-order valence-corrected chi connectivity index (χ0v) is 9.88. The highest BCUT2D eigenvalue weighted by molar-refractivity contribution is 5.78. The first-order valence-corrected chi connectivity index (χ1v) is 6.06. The number of aryl methyl sites for hydroxylation is 1. The first kappa shape index (κ1) is 11.6. The van der Waals surface area contributed by atoms with E-state index in [1.165, 1.54) is 5.56 Å². The second-order valence-corrected chi connectivity index (χ2v) is 4.18. The molecule has 1 aromatic heterocycles. The van der Waals surface area contributed by atoms with Gasteiger partial charge in [-0.15, -0.1) is 0 Å². The summed E-state index contributed by atoms with van der Waals surface area (Å²) in [6.07, 6.45) is 7.31. The molecule has 0 saturated carbocycles. The third-order valence-corrected chi connectivity index (χ3v) is 2.84. The summed E-state index contributed by atoms with van der Waals surface area (Å²) in [5.41, 5.74) is 1.35. The van der Waals surface area contributed by atoms with Crippen molar-refractivity contribution in [2.24, 2.45) is 0 Å². The molecular weight excluding hydrogens is 210 g/mol. The standard InChI is InChI=1S/C15H17NO/c17-15(16-12-6-7-13-16)11-5-4-10-14-8-2-1-3-9-14/h1-3,6-9,12-13H,4-5,10-11H2. The van der Waals surface area contributed by atoms with Gasteiger partial charge in [0.15, 0.2) is 0 Å². The Morgan fingerprint density at radius 3 is 2.35 bits per heavy atom. The highest BCUT2D eigenvalue weighted by Gasteiger charge is 2.02. The summed E-state index contributed by atoms with van der Waals surface area (Å²) in [5.74, 6) is 0.183. The Balaban J connectivity index is 1.69. The minimum absolute atomic E-state index is 0.183. The fourth-order valence-corrected chi connectivity index (χ4v) is 1.88. The van der Waals surface area contributed by atoms with Gasteiger partial charge in [0.1, 0.15) is 0 Å². The third kappa shape index (κ3) is 3.59. The average Bonchev–Trinajstić information content (AvgIpc) is 2.89. The predicted octanol–water partition coefficient (Wildman–Crippen LogP) is 3.54. The molecule has 88 valence electrons. The van der Waals surface area contributed by atoms with Crippen LogP contribution in [-0.4, -0.2) is 10.5 Å². The van der Waals surface area contributed by atoms with Gasteiger partial charge in [0.2, 0.25) is 5.91 Å². The van der Waals surface area contributed by atoms with Crippen LogP contribution in [0, 0.1) is 0 Å². The highest BCUT2D eigenvalue weighted by atomic mass is 16.1. The van der Waals surface area contributed by atoms with Crippen molar-refractivity contribution in [3.05, 3.63) is 60.4 Å². The molecule has 17 heavy (non-hydrogen) atoms. The van der Waals surface area contributed by atoms with Crippen molar-refractivity contribution >= 4 is 5.91 Å². The van der Waals surface area contributed by atoms with Crippen LogP contribution in [0.15, 0.2) is 54.9 Å². The van der Waals surface area contributed by atoms with Gasteiger partial charge in [0, 0.05) is 18.8 Å². The van der Waals surface area contributed by atoms with E-state index in [0.717, 1.165) is 19.3 Å². The summed E-state index contributed by atoms with van der Waals surface area (Å²) < 4.78 is 1.66. The van der Waals surface area contributed by atoms with E-state index in [1.54, 1.807) is 17.0 Å². The molecule has 2 rings (SSSR count). The number of aromatic nitrogens is 1. The van der Waals surface area contributed by atoms with Gasteiger partial charge in [-0.3, -0.25) is 9.36 Å². The average molecular weight is 227 g/mol. The number of hydrogen-bond acceptors (Lipinski definition) is 1. The van der Waals surface area contributed by atoms with Crippen molar-refractivity contribution in [3.63, 3.8) is 0 Å². The molecule has 0 N–H and O–H groups in total. The van der Waals surface area contributed by atoms with E-state index in [4.69, 9.17) is 0 Å². The normalized spacial score (nSPS) is 10.4. The molecular formula is C15H17NO. The molecule has 2 nitrogen and oxygen atoms in total. The van der Waals surface area contributed by atoms with Crippen LogP contribution >= 0.6 is 0 Å². The maximum atomic E-state index is 11.7. The Morgan fingerprint density at radius 2 is 1.65 bits per heavy atom. The number of benzene rings is 1. The van der Waals surface area contributed by atoms with Crippen LogP contribution in [-0.2, 0) is 6.42 Å². The van der Waals surface area contributed by atoms with Gasteiger partial charge < -0.3 is 0 Å². The Kier molecular flexibility index (Phi) is 4.14. The lowest BCUT2D eigenvalue weighted by Gasteiger charge is -2.02. The van der Waals surface area contributed by atoms with E-state index in [2.05, 4.69) is 24.3 Å². The summed E-state index contributed by atoms with van der Waals surface area (Å²) in [4.78, 5) is 11.7. The number of nitrogens with zero attached hydrogens (tertiary/aromatic N) is 1. The second-order valence-electron chi connectivity index (χ2n) is 4.18. The van der Waals surface area contributed by atoms with Gasteiger partial charge in [0.25, 0.3) is 0 Å². The topological polar surface area (TPSA) is 22.0 Å². The van der Waals surface area contributed by atoms with Crippen molar-refractivity contribution in [1.29, 1.82) is 0 Å². The van der Waals surface area contributed by atoms with Crippen molar-refractivity contribution < 1.29 is 4.79 Å². The van der Waals surface area contributed by atoms with Gasteiger partial charge in [-0.1, -0.05) is 30.3 Å². The van der Waals surface area contributed by atoms with Crippen molar-refractivity contribution in [2.45, 2.75) is 25.7 Å². The molecule has 0 aliphatic carbocycles. The maximum Gasteiger partial charge on any atom is 0.230 e. The Morgan fingerprint density at radius 1 is 0.941 bits per heavy atom. The Hall–Kier alpha value is -1.83. The molecule has 2 aromatic rings. The monoisotopic (exact) mass is 227 g/mol. The van der Waals surface area contributed by atoms with Crippen molar-refractivity contribution in [3.8, 4) is 0 Å². The molecule has 1 aromatic carbocycles. The Labute approximate surface area is 102 Å². The van der Waals surface area contributed by atoms with E-state index >= 15 is 0 Å². The number of hydrogen-bond donors (Lipinski definition) is 0. The predicted molar refractivity (Wildman–Crippen MR) is 69.1 cm³/mol. The Bertz CT molecular complexity index is 445. The molecule has 0 aliphatic heterocycles. The number of carbonyl (C=O) groups excluding carboxylic acids is 1. The van der Waals surface area contributed by atoms with Gasteiger partial charge in [0.05, 0.1) is 0 Å². The number of unbranched alkanes of at least 4 members (excludes halogenated alkanes) is 1. The van der Waals surface area contributed by atoms with Crippen LogP contribution < -0.4 is 0 Å². The molecule has 0 saturated heterocycles. The van der Waals surface area contributed by atoms with E-state index < -0.39 is 0 Å². The zero-order valence-electron chi connectivity index (χ0n) is 9.88. The molecule has 2 heteroatoms. The van der Waals surface area contributed by atoms with E-state index in [-0.39, 0.29) is 5.91 Å². The highest BCUT2D eigenvalue weighted by Crippen LogP contribution is 2.07. The second kappa shape index (κ2) is 6.04. The number of rotatable bonds is 5. The van der Waals surface area contributed by atoms with E-state index in [1.807, 2.05) is 18.2 Å². The lowest BCUT2D eigenvalue weighted by molar-refractivity contribution is 0.0899. The molecule has 0 aliphatic rings. The molecule has 0 fully saturated rings. The first-order valence-electron chi connectivity index (χ1n) is 6.06. The molecule has 0 spiro atoms. The summed E-state index contributed by atoms with van der Waals surface area (Å²) in [7, 11) is 0. The van der Waals surface area contributed by atoms with Gasteiger partial charge in [-0.05, 0) is 37.0 Å². The van der Waals surface area contributed by atoms with Crippen LogP contribution in [0.3, 0.4) is 0 Å². The molecule has 0 radical (unpaired) electrons. The summed E-state index contributed by atoms with van der Waals surface area (Å²) in [5, 5.41) is 0. The lowest BCUT2D eigenvalue weighted by atomic mass is 10.1. The summed E-state index contributed by atoms with van der Waals surface area (Å²) >= 11 is 0. The van der Waals surface area contributed by atoms with Crippen LogP contribution in [0.4, 0.5) is 0 Å². The molecule has 1 heterocycles. The van der Waals surface area contributed by atoms with E-state index in [9.17, 15) is 4.79 Å². The largest absolute Gasteiger partial charge is 0.295 e. The molecule has 0 bridgehead atoms. The minimum Gasteiger partial charge on any atom is -0.295 e. The fraction of sp³-hybridized carbons (Fsp3) is 0.267.